The van der Waals surface area contributed by atoms with Gasteiger partial charge in [0, 0.05) is 16.5 Å². The Morgan fingerprint density at radius 1 is 1.17 bits per heavy atom. The molecule has 0 saturated carbocycles. The summed E-state index contributed by atoms with van der Waals surface area (Å²) in [6.07, 6.45) is 5.33. The van der Waals surface area contributed by atoms with Crippen molar-refractivity contribution in [3.8, 4) is 12.3 Å². The Hall–Kier alpha value is -2.57. The molecular weight excluding hydrogens is 322 g/mol. The fourth-order valence-corrected chi connectivity index (χ4v) is 2.52. The summed E-state index contributed by atoms with van der Waals surface area (Å²) in [6, 6.07) is 14.3. The van der Waals surface area contributed by atoms with E-state index in [1.54, 1.807) is 18.2 Å². The van der Waals surface area contributed by atoms with Gasteiger partial charge in [-0.2, -0.15) is 0 Å². The van der Waals surface area contributed by atoms with Crippen molar-refractivity contribution in [2.45, 2.75) is 20.4 Å². The summed E-state index contributed by atoms with van der Waals surface area (Å²) in [7, 11) is 0. The highest BCUT2D eigenvalue weighted by Gasteiger charge is 2.23. The van der Waals surface area contributed by atoms with Crippen molar-refractivity contribution in [3.63, 3.8) is 0 Å². The van der Waals surface area contributed by atoms with E-state index >= 15 is 0 Å². The van der Waals surface area contributed by atoms with E-state index in [-0.39, 0.29) is 18.2 Å². The van der Waals surface area contributed by atoms with Crippen molar-refractivity contribution in [1.29, 1.82) is 0 Å². The molecule has 0 aromatic heterocycles. The summed E-state index contributed by atoms with van der Waals surface area (Å²) in [6.45, 7) is 3.89. The van der Waals surface area contributed by atoms with Gasteiger partial charge in [-0.3, -0.25) is 14.5 Å². The van der Waals surface area contributed by atoms with E-state index in [4.69, 9.17) is 18.0 Å². The molecular formula is C20H18ClNO2. The Kier molecular flexibility index (Phi) is 5.78. The zero-order chi connectivity index (χ0) is 17.7. The smallest absolute Gasteiger partial charge is 0.296 e. The molecule has 0 radical (unpaired) electrons. The van der Waals surface area contributed by atoms with E-state index in [2.05, 4.69) is 5.92 Å². The lowest BCUT2D eigenvalue weighted by molar-refractivity contribution is -0.113. The van der Waals surface area contributed by atoms with Crippen LogP contribution in [0.5, 0.6) is 0 Å². The molecule has 0 bridgehead atoms. The summed E-state index contributed by atoms with van der Waals surface area (Å²) in [5.74, 6) is 1.35. The molecule has 24 heavy (non-hydrogen) atoms. The van der Waals surface area contributed by atoms with E-state index in [9.17, 15) is 9.59 Å². The van der Waals surface area contributed by atoms with Crippen LogP contribution in [0.1, 0.15) is 29.8 Å². The number of amides is 1. The van der Waals surface area contributed by atoms with Crippen LogP contribution in [0.25, 0.3) is 0 Å². The maximum absolute atomic E-state index is 12.5. The van der Waals surface area contributed by atoms with Crippen molar-refractivity contribution < 1.29 is 9.59 Å². The number of hydrogen-bond donors (Lipinski definition) is 0. The van der Waals surface area contributed by atoms with Crippen LogP contribution in [-0.4, -0.2) is 11.7 Å². The molecule has 0 aliphatic rings. The molecule has 2 aromatic rings. The van der Waals surface area contributed by atoms with Crippen molar-refractivity contribution >= 4 is 29.0 Å². The number of terminal acetylenes is 1. The molecule has 3 nitrogen and oxygen atoms in total. The van der Waals surface area contributed by atoms with E-state index in [1.165, 1.54) is 4.90 Å². The van der Waals surface area contributed by atoms with Crippen molar-refractivity contribution in [1.82, 2.24) is 0 Å². The Morgan fingerprint density at radius 3 is 2.42 bits per heavy atom. The number of hydrogen-bond acceptors (Lipinski definition) is 2. The first-order chi connectivity index (χ1) is 11.4. The van der Waals surface area contributed by atoms with Crippen LogP contribution in [-0.2, 0) is 11.3 Å². The molecule has 0 aliphatic carbocycles. The molecule has 2 aromatic carbocycles. The van der Waals surface area contributed by atoms with Crippen LogP contribution in [0.3, 0.4) is 0 Å². The first-order valence-electron chi connectivity index (χ1n) is 7.59. The summed E-state index contributed by atoms with van der Waals surface area (Å²) in [4.78, 5) is 26.2. The van der Waals surface area contributed by atoms with E-state index in [1.807, 2.05) is 44.2 Å². The number of benzene rings is 2. The Labute approximate surface area is 147 Å². The summed E-state index contributed by atoms with van der Waals surface area (Å²) in [5, 5.41) is 0.438. The summed E-state index contributed by atoms with van der Waals surface area (Å²) < 4.78 is 0. The van der Waals surface area contributed by atoms with Crippen LogP contribution in [0.2, 0.25) is 5.02 Å². The van der Waals surface area contributed by atoms with Gasteiger partial charge >= 0.3 is 5.91 Å². The van der Waals surface area contributed by atoms with Crippen LogP contribution in [0.15, 0.2) is 48.5 Å². The van der Waals surface area contributed by atoms with E-state index < -0.39 is 5.91 Å². The van der Waals surface area contributed by atoms with Gasteiger partial charge in [-0.25, -0.2) is 0 Å². The zero-order valence-electron chi connectivity index (χ0n) is 13.6. The molecule has 0 N–H and O–H groups in total. The molecule has 0 fully saturated rings. The third-order valence-corrected chi connectivity index (χ3v) is 3.83. The molecule has 2 rings (SSSR count). The largest absolute Gasteiger partial charge is 0.302 e. The van der Waals surface area contributed by atoms with Crippen molar-refractivity contribution in [2.24, 2.45) is 5.92 Å². The lowest BCUT2D eigenvalue weighted by Gasteiger charge is -2.24. The molecule has 122 valence electrons. The molecule has 0 atom stereocenters. The normalized spacial score (nSPS) is 10.3. The Bertz CT molecular complexity index is 791. The Morgan fingerprint density at radius 2 is 1.83 bits per heavy atom. The van der Waals surface area contributed by atoms with Gasteiger partial charge in [0.25, 0.3) is 0 Å². The number of nitrogens with zero attached hydrogens (tertiary/aromatic N) is 1. The molecule has 0 aliphatic heterocycles. The molecule has 0 spiro atoms. The van der Waals surface area contributed by atoms with Gasteiger partial charge in [0.2, 0.25) is 0 Å². The van der Waals surface area contributed by atoms with Crippen molar-refractivity contribution in [3.05, 3.63) is 64.7 Å². The molecule has 0 heterocycles. The highest BCUT2D eigenvalue weighted by Crippen LogP contribution is 2.28. The number of rotatable bonds is 5. The first kappa shape index (κ1) is 17.8. The van der Waals surface area contributed by atoms with Crippen LogP contribution < -0.4 is 4.90 Å². The highest BCUT2D eigenvalue weighted by molar-refractivity contribution is 6.31. The second kappa shape index (κ2) is 7.81. The number of ketones is 1. The Balaban J connectivity index is 2.54. The molecule has 0 saturated heterocycles. The monoisotopic (exact) mass is 339 g/mol. The van der Waals surface area contributed by atoms with Gasteiger partial charge in [-0.15, -0.1) is 6.42 Å². The second-order valence-electron chi connectivity index (χ2n) is 5.70. The topological polar surface area (TPSA) is 37.4 Å². The fraction of sp³-hybridized carbons (Fsp3) is 0.200. The predicted octanol–water partition coefficient (Wildman–Crippen LogP) is 4.35. The van der Waals surface area contributed by atoms with Crippen molar-refractivity contribution in [2.75, 3.05) is 4.90 Å². The number of halogens is 1. The number of carbonyl (C=O) groups excluding carboxylic acids is 2. The predicted molar refractivity (Wildman–Crippen MR) is 97.1 cm³/mol. The lowest BCUT2D eigenvalue weighted by Crippen LogP contribution is -2.31. The number of carbonyl (C=O) groups is 2. The maximum atomic E-state index is 12.5. The standard InChI is InChI=1S/C20H18ClNO2/c1-4-19(23)22(13-15-8-6-5-7-9-15)18-12-16(21)10-11-17(18)20(24)14(2)3/h1,5-12,14H,13H2,2-3H3. The highest BCUT2D eigenvalue weighted by atomic mass is 35.5. The molecule has 0 unspecified atom stereocenters. The summed E-state index contributed by atoms with van der Waals surface area (Å²) in [5.41, 5.74) is 1.78. The van der Waals surface area contributed by atoms with Crippen LogP contribution in [0.4, 0.5) is 5.69 Å². The minimum absolute atomic E-state index is 0.0652. The van der Waals surface area contributed by atoms with Crippen LogP contribution in [0, 0.1) is 18.3 Å². The van der Waals surface area contributed by atoms with Gasteiger partial charge in [0.1, 0.15) is 0 Å². The average Bonchev–Trinajstić information content (AvgIpc) is 2.59. The van der Waals surface area contributed by atoms with Gasteiger partial charge in [-0.1, -0.05) is 55.8 Å². The molecule has 4 heteroatoms. The average molecular weight is 340 g/mol. The number of Topliss-reactive ketones (excluding diaryl/α,β-unsaturated/α-hetero) is 1. The summed E-state index contributed by atoms with van der Waals surface area (Å²) >= 11 is 6.10. The van der Waals surface area contributed by atoms with Gasteiger partial charge < -0.3 is 0 Å². The minimum Gasteiger partial charge on any atom is -0.296 e. The zero-order valence-corrected chi connectivity index (χ0v) is 14.4. The maximum Gasteiger partial charge on any atom is 0.302 e. The SMILES string of the molecule is C#CC(=O)N(Cc1ccccc1)c1cc(Cl)ccc1C(=O)C(C)C. The quantitative estimate of drug-likeness (QED) is 0.600. The number of anilines is 1. The van der Waals surface area contributed by atoms with Crippen LogP contribution >= 0.6 is 11.6 Å². The first-order valence-corrected chi connectivity index (χ1v) is 7.97. The molecule has 1 amide bonds. The third-order valence-electron chi connectivity index (χ3n) is 3.59. The lowest BCUT2D eigenvalue weighted by atomic mass is 9.98. The van der Waals surface area contributed by atoms with Gasteiger partial charge in [0.15, 0.2) is 5.78 Å². The second-order valence-corrected chi connectivity index (χ2v) is 6.14. The van der Waals surface area contributed by atoms with Gasteiger partial charge in [0.05, 0.1) is 12.2 Å². The third kappa shape index (κ3) is 4.04. The fourth-order valence-electron chi connectivity index (χ4n) is 2.36. The van der Waals surface area contributed by atoms with Gasteiger partial charge in [-0.05, 0) is 29.7 Å². The van der Waals surface area contributed by atoms with E-state index in [0.29, 0.717) is 16.3 Å². The minimum atomic E-state index is -0.515. The van der Waals surface area contributed by atoms with E-state index in [0.717, 1.165) is 5.56 Å².